The van der Waals surface area contributed by atoms with Gasteiger partial charge in [0, 0.05) is 43.3 Å². The van der Waals surface area contributed by atoms with Gasteiger partial charge in [0.2, 0.25) is 5.91 Å². The lowest BCUT2D eigenvalue weighted by molar-refractivity contribution is -0.117. The van der Waals surface area contributed by atoms with Crippen molar-refractivity contribution in [3.05, 3.63) is 50.1 Å². The number of aryl methyl sites for hydroxylation is 2. The maximum atomic E-state index is 12.3. The molecule has 2 aromatic rings. The minimum atomic E-state index is 0.0735. The number of hydrogen-bond acceptors (Lipinski definition) is 4. The van der Waals surface area contributed by atoms with Gasteiger partial charge in [-0.1, -0.05) is 12.1 Å². The second kappa shape index (κ2) is 8.45. The summed E-state index contributed by atoms with van der Waals surface area (Å²) in [6, 6.07) is 10.4. The highest BCUT2D eigenvalue weighted by molar-refractivity contribution is 9.11. The zero-order valence-electron chi connectivity index (χ0n) is 14.7. The van der Waals surface area contributed by atoms with Gasteiger partial charge >= 0.3 is 0 Å². The Balaban J connectivity index is 1.45. The van der Waals surface area contributed by atoms with Gasteiger partial charge in [0.05, 0.1) is 10.3 Å². The number of nitrogens with zero attached hydrogens (tertiary/aromatic N) is 2. The lowest BCUT2D eigenvalue weighted by Crippen LogP contribution is -2.48. The molecule has 1 aromatic heterocycles. The first kappa shape index (κ1) is 18.6. The van der Waals surface area contributed by atoms with Crippen LogP contribution in [0.25, 0.3) is 0 Å². The third kappa shape index (κ3) is 5.38. The monoisotopic (exact) mass is 421 g/mol. The van der Waals surface area contributed by atoms with Gasteiger partial charge in [0.15, 0.2) is 0 Å². The fourth-order valence-electron chi connectivity index (χ4n) is 3.03. The van der Waals surface area contributed by atoms with Crippen molar-refractivity contribution in [2.24, 2.45) is 0 Å². The Morgan fingerprint density at radius 2 is 1.84 bits per heavy atom. The van der Waals surface area contributed by atoms with Crippen molar-refractivity contribution in [2.45, 2.75) is 20.4 Å². The summed E-state index contributed by atoms with van der Waals surface area (Å²) in [4.78, 5) is 18.4. The Morgan fingerprint density at radius 3 is 2.52 bits per heavy atom. The first-order chi connectivity index (χ1) is 12.0. The lowest BCUT2D eigenvalue weighted by atomic mass is 10.1. The van der Waals surface area contributed by atoms with E-state index in [4.69, 9.17) is 0 Å². The number of anilines is 1. The predicted octanol–water partition coefficient (Wildman–Crippen LogP) is 3.88. The van der Waals surface area contributed by atoms with Crippen LogP contribution in [-0.4, -0.2) is 48.4 Å². The maximum absolute atomic E-state index is 12.3. The van der Waals surface area contributed by atoms with Crippen LogP contribution in [-0.2, 0) is 11.3 Å². The van der Waals surface area contributed by atoms with Gasteiger partial charge in [-0.05, 0) is 59.1 Å². The molecule has 3 rings (SSSR count). The molecule has 1 aliphatic rings. The maximum Gasteiger partial charge on any atom is 0.238 e. The molecule has 1 N–H and O–H groups in total. The van der Waals surface area contributed by atoms with E-state index in [2.05, 4.69) is 49.2 Å². The SMILES string of the molecule is Cc1ccc(C)c(NC(=O)CN2CCN(Cc3ccc(Br)s3)CC2)c1. The summed E-state index contributed by atoms with van der Waals surface area (Å²) in [5.41, 5.74) is 3.19. The molecule has 134 valence electrons. The molecule has 1 fully saturated rings. The average Bonchev–Trinajstić information content (AvgIpc) is 2.98. The van der Waals surface area contributed by atoms with E-state index >= 15 is 0 Å². The van der Waals surface area contributed by atoms with E-state index in [1.807, 2.05) is 26.0 Å². The number of thiophene rings is 1. The largest absolute Gasteiger partial charge is 0.325 e. The lowest BCUT2D eigenvalue weighted by Gasteiger charge is -2.34. The minimum Gasteiger partial charge on any atom is -0.325 e. The number of amides is 1. The number of rotatable bonds is 5. The molecule has 1 aliphatic heterocycles. The van der Waals surface area contributed by atoms with Gasteiger partial charge in [-0.15, -0.1) is 11.3 Å². The molecule has 0 atom stereocenters. The van der Waals surface area contributed by atoms with Crippen molar-refractivity contribution in [3.63, 3.8) is 0 Å². The Kier molecular flexibility index (Phi) is 6.28. The highest BCUT2D eigenvalue weighted by Gasteiger charge is 2.19. The van der Waals surface area contributed by atoms with Gasteiger partial charge in [-0.3, -0.25) is 14.6 Å². The number of halogens is 1. The summed E-state index contributed by atoms with van der Waals surface area (Å²) >= 11 is 5.31. The molecule has 0 aliphatic carbocycles. The molecule has 0 unspecified atom stereocenters. The van der Waals surface area contributed by atoms with Gasteiger partial charge in [-0.25, -0.2) is 0 Å². The van der Waals surface area contributed by atoms with Crippen LogP contribution in [0.15, 0.2) is 34.1 Å². The molecule has 1 aromatic carbocycles. The summed E-state index contributed by atoms with van der Waals surface area (Å²) in [5, 5.41) is 3.05. The van der Waals surface area contributed by atoms with E-state index in [-0.39, 0.29) is 5.91 Å². The Hall–Kier alpha value is -1.21. The Labute approximate surface area is 162 Å². The van der Waals surface area contributed by atoms with Crippen LogP contribution in [0.3, 0.4) is 0 Å². The number of carbonyl (C=O) groups excluding carboxylic acids is 1. The molecular weight excluding hydrogens is 398 g/mol. The van der Waals surface area contributed by atoms with E-state index in [1.54, 1.807) is 11.3 Å². The van der Waals surface area contributed by atoms with Gasteiger partial charge < -0.3 is 5.32 Å². The highest BCUT2D eigenvalue weighted by Crippen LogP contribution is 2.23. The van der Waals surface area contributed by atoms with Crippen LogP contribution in [0.2, 0.25) is 0 Å². The first-order valence-electron chi connectivity index (χ1n) is 8.55. The van der Waals surface area contributed by atoms with Crippen molar-refractivity contribution in [1.82, 2.24) is 9.80 Å². The van der Waals surface area contributed by atoms with Gasteiger partial charge in [0.25, 0.3) is 0 Å². The number of nitrogens with one attached hydrogen (secondary N) is 1. The van der Waals surface area contributed by atoms with E-state index in [9.17, 15) is 4.79 Å². The third-order valence-corrected chi connectivity index (χ3v) is 6.12. The predicted molar refractivity (Wildman–Crippen MR) is 108 cm³/mol. The van der Waals surface area contributed by atoms with Crippen LogP contribution in [0.4, 0.5) is 5.69 Å². The van der Waals surface area contributed by atoms with Crippen LogP contribution in [0.5, 0.6) is 0 Å². The van der Waals surface area contributed by atoms with E-state index in [0.717, 1.165) is 49.5 Å². The molecule has 4 nitrogen and oxygen atoms in total. The van der Waals surface area contributed by atoms with Crippen molar-refractivity contribution in [2.75, 3.05) is 38.0 Å². The van der Waals surface area contributed by atoms with Crippen LogP contribution < -0.4 is 5.32 Å². The molecule has 0 saturated carbocycles. The zero-order valence-corrected chi connectivity index (χ0v) is 17.1. The molecule has 6 heteroatoms. The molecule has 2 heterocycles. The Bertz CT molecular complexity index is 738. The molecule has 0 bridgehead atoms. The summed E-state index contributed by atoms with van der Waals surface area (Å²) < 4.78 is 1.18. The fourth-order valence-corrected chi connectivity index (χ4v) is 4.55. The number of benzene rings is 1. The van der Waals surface area contributed by atoms with E-state index in [0.29, 0.717) is 6.54 Å². The summed E-state index contributed by atoms with van der Waals surface area (Å²) in [7, 11) is 0. The smallest absolute Gasteiger partial charge is 0.238 e. The first-order valence-corrected chi connectivity index (χ1v) is 10.2. The minimum absolute atomic E-state index is 0.0735. The highest BCUT2D eigenvalue weighted by atomic mass is 79.9. The van der Waals surface area contributed by atoms with Crippen molar-refractivity contribution < 1.29 is 4.79 Å². The van der Waals surface area contributed by atoms with Crippen molar-refractivity contribution in [1.29, 1.82) is 0 Å². The number of carbonyl (C=O) groups is 1. The normalized spacial score (nSPS) is 16.1. The fraction of sp³-hybridized carbons (Fsp3) is 0.421. The van der Waals surface area contributed by atoms with Crippen LogP contribution in [0, 0.1) is 13.8 Å². The second-order valence-electron chi connectivity index (χ2n) is 6.62. The second-order valence-corrected chi connectivity index (χ2v) is 9.17. The molecule has 1 saturated heterocycles. The van der Waals surface area contributed by atoms with Gasteiger partial charge in [-0.2, -0.15) is 0 Å². The molecule has 0 spiro atoms. The van der Waals surface area contributed by atoms with Crippen molar-refractivity contribution >= 4 is 38.9 Å². The van der Waals surface area contributed by atoms with E-state index < -0.39 is 0 Å². The van der Waals surface area contributed by atoms with Crippen LogP contribution in [0.1, 0.15) is 16.0 Å². The Morgan fingerprint density at radius 1 is 1.12 bits per heavy atom. The average molecular weight is 422 g/mol. The number of piperazine rings is 1. The summed E-state index contributed by atoms with van der Waals surface area (Å²) in [5.74, 6) is 0.0735. The van der Waals surface area contributed by atoms with Gasteiger partial charge in [0.1, 0.15) is 0 Å². The molecule has 25 heavy (non-hydrogen) atoms. The third-order valence-electron chi connectivity index (χ3n) is 4.51. The molecular formula is C19H24BrN3OS. The quantitative estimate of drug-likeness (QED) is 0.795. The molecule has 0 radical (unpaired) electrons. The van der Waals surface area contributed by atoms with Crippen LogP contribution >= 0.6 is 27.3 Å². The number of hydrogen-bond donors (Lipinski definition) is 1. The van der Waals surface area contributed by atoms with Crippen molar-refractivity contribution in [3.8, 4) is 0 Å². The zero-order chi connectivity index (χ0) is 17.8. The topological polar surface area (TPSA) is 35.6 Å². The molecule has 1 amide bonds. The standard InChI is InChI=1S/C19H24BrN3OS/c1-14-3-4-15(2)17(11-14)21-19(24)13-23-9-7-22(8-10-23)12-16-5-6-18(20)25-16/h3-6,11H,7-10,12-13H2,1-2H3,(H,21,24). The summed E-state index contributed by atoms with van der Waals surface area (Å²) in [6.45, 7) is 9.42. The van der Waals surface area contributed by atoms with E-state index in [1.165, 1.54) is 8.66 Å². The summed E-state index contributed by atoms with van der Waals surface area (Å²) in [6.07, 6.45) is 0.